The maximum Gasteiger partial charge on any atom is 0.0702 e. The molecule has 0 aromatic carbocycles. The Morgan fingerprint density at radius 2 is 2.25 bits per heavy atom. The molecule has 1 saturated heterocycles. The van der Waals surface area contributed by atoms with Gasteiger partial charge in [0.2, 0.25) is 0 Å². The van der Waals surface area contributed by atoms with E-state index in [-0.39, 0.29) is 0 Å². The predicted octanol–water partition coefficient (Wildman–Crippen LogP) is 2.19. The van der Waals surface area contributed by atoms with Crippen LogP contribution < -0.4 is 5.32 Å². The molecule has 4 nitrogen and oxygen atoms in total. The van der Waals surface area contributed by atoms with E-state index >= 15 is 0 Å². The highest BCUT2D eigenvalue weighted by Gasteiger charge is 2.17. The van der Waals surface area contributed by atoms with Crippen LogP contribution in [0.4, 0.5) is 0 Å². The first kappa shape index (κ1) is 15.4. The number of nitrogens with zero attached hydrogens (tertiary/aromatic N) is 2. The van der Waals surface area contributed by atoms with Crippen LogP contribution in [0.3, 0.4) is 0 Å². The van der Waals surface area contributed by atoms with Crippen molar-refractivity contribution < 1.29 is 4.74 Å². The summed E-state index contributed by atoms with van der Waals surface area (Å²) in [6.07, 6.45) is 3.96. The zero-order chi connectivity index (χ0) is 14.2. The van der Waals surface area contributed by atoms with Crippen LogP contribution in [0.15, 0.2) is 18.2 Å². The minimum absolute atomic E-state index is 0.411. The number of nitrogens with one attached hydrogen (secondary N) is 1. The third kappa shape index (κ3) is 5.19. The van der Waals surface area contributed by atoms with Gasteiger partial charge in [-0.05, 0) is 45.0 Å². The van der Waals surface area contributed by atoms with E-state index < -0.39 is 0 Å². The Hall–Kier alpha value is -0.970. The predicted molar refractivity (Wildman–Crippen MR) is 81.5 cm³/mol. The lowest BCUT2D eigenvalue weighted by molar-refractivity contribution is 0.0790. The number of rotatable bonds is 8. The average molecular weight is 277 g/mol. The van der Waals surface area contributed by atoms with Crippen LogP contribution in [0.5, 0.6) is 0 Å². The van der Waals surface area contributed by atoms with Gasteiger partial charge in [0.25, 0.3) is 0 Å². The third-order valence-electron chi connectivity index (χ3n) is 3.57. The van der Waals surface area contributed by atoms with Gasteiger partial charge in [-0.25, -0.2) is 0 Å². The molecule has 0 saturated carbocycles. The maximum atomic E-state index is 5.68. The number of hydrogen-bond acceptors (Lipinski definition) is 4. The summed E-state index contributed by atoms with van der Waals surface area (Å²) in [5.41, 5.74) is 2.27. The van der Waals surface area contributed by atoms with Gasteiger partial charge in [0.05, 0.1) is 17.5 Å². The fraction of sp³-hybridized carbons (Fsp3) is 0.688. The Balaban J connectivity index is 1.80. The summed E-state index contributed by atoms with van der Waals surface area (Å²) >= 11 is 0. The molecule has 1 aromatic rings. The molecule has 0 spiro atoms. The van der Waals surface area contributed by atoms with Gasteiger partial charge in [-0.1, -0.05) is 13.0 Å². The summed E-state index contributed by atoms with van der Waals surface area (Å²) in [5, 5.41) is 3.39. The summed E-state index contributed by atoms with van der Waals surface area (Å²) in [4.78, 5) is 7.02. The monoisotopic (exact) mass is 277 g/mol. The number of ether oxygens (including phenoxy) is 1. The van der Waals surface area contributed by atoms with Crippen molar-refractivity contribution in [1.82, 2.24) is 15.2 Å². The van der Waals surface area contributed by atoms with Gasteiger partial charge < -0.3 is 10.1 Å². The van der Waals surface area contributed by atoms with Gasteiger partial charge in [0.1, 0.15) is 0 Å². The van der Waals surface area contributed by atoms with E-state index in [4.69, 9.17) is 9.72 Å². The highest BCUT2D eigenvalue weighted by molar-refractivity contribution is 5.11. The van der Waals surface area contributed by atoms with Gasteiger partial charge in [-0.15, -0.1) is 0 Å². The van der Waals surface area contributed by atoms with E-state index in [1.807, 2.05) is 0 Å². The Morgan fingerprint density at radius 3 is 3.00 bits per heavy atom. The van der Waals surface area contributed by atoms with E-state index in [2.05, 4.69) is 42.4 Å². The maximum absolute atomic E-state index is 5.68. The summed E-state index contributed by atoms with van der Waals surface area (Å²) in [6.45, 7) is 6.90. The van der Waals surface area contributed by atoms with Crippen LogP contribution in [0.2, 0.25) is 0 Å². The van der Waals surface area contributed by atoms with Crippen LogP contribution in [0.25, 0.3) is 0 Å². The second-order valence-electron chi connectivity index (χ2n) is 5.63. The molecule has 0 amide bonds. The smallest absolute Gasteiger partial charge is 0.0702 e. The van der Waals surface area contributed by atoms with Crippen LogP contribution in [0, 0.1) is 0 Å². The Kier molecular flexibility index (Phi) is 6.43. The SMILES string of the molecule is CCCNCc1cccc(CN(C)CC2CCCO2)n1. The molecule has 2 heterocycles. The normalized spacial score (nSPS) is 18.9. The summed E-state index contributed by atoms with van der Waals surface area (Å²) in [6, 6.07) is 6.30. The van der Waals surface area contributed by atoms with Crippen molar-refractivity contribution in [3.63, 3.8) is 0 Å². The minimum atomic E-state index is 0.411. The topological polar surface area (TPSA) is 37.4 Å². The van der Waals surface area contributed by atoms with Gasteiger partial charge >= 0.3 is 0 Å². The third-order valence-corrected chi connectivity index (χ3v) is 3.57. The molecule has 1 aliphatic heterocycles. The van der Waals surface area contributed by atoms with Crippen molar-refractivity contribution in [2.75, 3.05) is 26.7 Å². The Labute approximate surface area is 122 Å². The molecule has 1 aromatic heterocycles. The first-order valence-corrected chi connectivity index (χ1v) is 7.73. The Morgan fingerprint density at radius 1 is 1.40 bits per heavy atom. The molecule has 4 heteroatoms. The average Bonchev–Trinajstić information content (AvgIpc) is 2.92. The van der Waals surface area contributed by atoms with Gasteiger partial charge in [0, 0.05) is 26.2 Å². The molecule has 0 aliphatic carbocycles. The molecule has 1 N–H and O–H groups in total. The lowest BCUT2D eigenvalue weighted by Crippen LogP contribution is -2.28. The molecule has 0 radical (unpaired) electrons. The molecular formula is C16H27N3O. The molecule has 20 heavy (non-hydrogen) atoms. The van der Waals surface area contributed by atoms with E-state index in [9.17, 15) is 0 Å². The quantitative estimate of drug-likeness (QED) is 0.739. The molecule has 1 unspecified atom stereocenters. The van der Waals surface area contributed by atoms with Crippen molar-refractivity contribution in [3.05, 3.63) is 29.6 Å². The lowest BCUT2D eigenvalue weighted by atomic mass is 10.2. The van der Waals surface area contributed by atoms with E-state index in [0.717, 1.165) is 50.6 Å². The van der Waals surface area contributed by atoms with Gasteiger partial charge in [0.15, 0.2) is 0 Å². The lowest BCUT2D eigenvalue weighted by Gasteiger charge is -2.20. The molecule has 1 aliphatic rings. The first-order valence-electron chi connectivity index (χ1n) is 7.73. The zero-order valence-electron chi connectivity index (χ0n) is 12.8. The minimum Gasteiger partial charge on any atom is -0.377 e. The molecule has 1 fully saturated rings. The standard InChI is InChI=1S/C16H27N3O/c1-3-9-17-11-14-6-4-7-15(18-14)12-19(2)13-16-8-5-10-20-16/h4,6-7,16-17H,3,5,8-13H2,1-2H3. The van der Waals surface area contributed by atoms with E-state index in [1.165, 1.54) is 12.8 Å². The van der Waals surface area contributed by atoms with Crippen LogP contribution in [-0.4, -0.2) is 42.7 Å². The molecule has 112 valence electrons. The van der Waals surface area contributed by atoms with Crippen molar-refractivity contribution in [2.45, 2.75) is 45.4 Å². The van der Waals surface area contributed by atoms with Crippen LogP contribution >= 0.6 is 0 Å². The largest absolute Gasteiger partial charge is 0.377 e. The molecule has 0 bridgehead atoms. The first-order chi connectivity index (χ1) is 9.78. The summed E-state index contributed by atoms with van der Waals surface area (Å²) in [7, 11) is 2.14. The second kappa shape index (κ2) is 8.35. The Bertz CT molecular complexity index is 391. The molecule has 1 atom stereocenters. The fourth-order valence-electron chi connectivity index (χ4n) is 2.59. The number of pyridine rings is 1. The van der Waals surface area contributed by atoms with Crippen LogP contribution in [-0.2, 0) is 17.8 Å². The van der Waals surface area contributed by atoms with Crippen molar-refractivity contribution >= 4 is 0 Å². The molecular weight excluding hydrogens is 250 g/mol. The number of aromatic nitrogens is 1. The zero-order valence-corrected chi connectivity index (χ0v) is 12.8. The van der Waals surface area contributed by atoms with Gasteiger partial charge in [-0.2, -0.15) is 0 Å². The van der Waals surface area contributed by atoms with Crippen LogP contribution in [0.1, 0.15) is 37.6 Å². The van der Waals surface area contributed by atoms with E-state index in [0.29, 0.717) is 6.10 Å². The number of hydrogen-bond donors (Lipinski definition) is 1. The van der Waals surface area contributed by atoms with Crippen molar-refractivity contribution in [3.8, 4) is 0 Å². The van der Waals surface area contributed by atoms with Crippen molar-refractivity contribution in [1.29, 1.82) is 0 Å². The second-order valence-corrected chi connectivity index (χ2v) is 5.63. The van der Waals surface area contributed by atoms with Crippen molar-refractivity contribution in [2.24, 2.45) is 0 Å². The fourth-order valence-corrected chi connectivity index (χ4v) is 2.59. The highest BCUT2D eigenvalue weighted by atomic mass is 16.5. The number of likely N-dealkylation sites (N-methyl/N-ethyl adjacent to an activating group) is 1. The summed E-state index contributed by atoms with van der Waals surface area (Å²) < 4.78 is 5.68. The highest BCUT2D eigenvalue weighted by Crippen LogP contribution is 2.13. The van der Waals surface area contributed by atoms with Gasteiger partial charge in [-0.3, -0.25) is 9.88 Å². The van der Waals surface area contributed by atoms with E-state index in [1.54, 1.807) is 0 Å². The summed E-state index contributed by atoms with van der Waals surface area (Å²) in [5.74, 6) is 0. The molecule has 2 rings (SSSR count).